The molecule has 4 aliphatic rings. The normalized spacial score (nSPS) is 22.7. The monoisotopic (exact) mass is 522 g/mol. The second-order valence-corrected chi connectivity index (χ2v) is 9.71. The highest BCUT2D eigenvalue weighted by atomic mass is 16.5. The summed E-state index contributed by atoms with van der Waals surface area (Å²) in [6.45, 7) is 3.41. The number of nitrogens with zero attached hydrogens (tertiary/aromatic N) is 6. The number of nitrogens with one attached hydrogen (secondary N) is 1. The van der Waals surface area contributed by atoms with Gasteiger partial charge in [-0.1, -0.05) is 0 Å². The van der Waals surface area contributed by atoms with Crippen LogP contribution in [0.5, 0.6) is 11.5 Å². The first-order chi connectivity index (χ1) is 18.5. The van der Waals surface area contributed by atoms with Gasteiger partial charge in [0.25, 0.3) is 5.91 Å². The van der Waals surface area contributed by atoms with Crippen LogP contribution in [0, 0.1) is 0 Å². The molecule has 200 valence electrons. The highest BCUT2D eigenvalue weighted by molar-refractivity contribution is 6.20. The van der Waals surface area contributed by atoms with Crippen LogP contribution >= 0.6 is 0 Å². The van der Waals surface area contributed by atoms with Gasteiger partial charge in [0, 0.05) is 44.1 Å². The number of likely N-dealkylation sites (tertiary alicyclic amines) is 1. The van der Waals surface area contributed by atoms with Gasteiger partial charge < -0.3 is 25.1 Å². The quantitative estimate of drug-likeness (QED) is 0.457. The standard InChI is InChI=1S/C25H30N8O5/c1-36-21-19(37-13-15(34)10-32-11-16-2-3-17(12-32)38-16)5-4-18-20(21)30-25(33-7-6-27-22(18)33)31-23(35)14-8-28-24(26)29-9-14/h4-5,8-9,15-17,34H,2-3,6-7,10-13H2,1H3,(H2,26,28,29)(H,30,31,35)/t15-,16?,17?/m0/s1. The summed E-state index contributed by atoms with van der Waals surface area (Å²) >= 11 is 0. The number of morpholine rings is 1. The molecule has 1 aromatic carbocycles. The average molecular weight is 523 g/mol. The summed E-state index contributed by atoms with van der Waals surface area (Å²) in [6.07, 6.45) is 4.73. The van der Waals surface area contributed by atoms with Gasteiger partial charge in [-0.15, -0.1) is 0 Å². The Balaban J connectivity index is 1.20. The number of β-amino-alcohol motifs (C(OH)–C–C–N with tert-alkyl or cyclic N) is 1. The van der Waals surface area contributed by atoms with E-state index in [0.29, 0.717) is 48.6 Å². The van der Waals surface area contributed by atoms with Crippen molar-refractivity contribution in [3.8, 4) is 11.5 Å². The third-order valence-corrected chi connectivity index (χ3v) is 7.03. The number of ether oxygens (including phenoxy) is 3. The molecule has 1 aromatic heterocycles. The van der Waals surface area contributed by atoms with Gasteiger partial charge >= 0.3 is 0 Å². The lowest BCUT2D eigenvalue weighted by Crippen LogP contribution is -2.47. The smallest absolute Gasteiger partial charge is 0.261 e. The number of aliphatic imine (C=N–C) groups is 2. The molecule has 2 fully saturated rings. The highest BCUT2D eigenvalue weighted by Crippen LogP contribution is 2.43. The lowest BCUT2D eigenvalue weighted by Gasteiger charge is -2.33. The summed E-state index contributed by atoms with van der Waals surface area (Å²) in [4.78, 5) is 34.0. The van der Waals surface area contributed by atoms with Crippen LogP contribution in [0.1, 0.15) is 28.8 Å². The van der Waals surface area contributed by atoms with Crippen LogP contribution in [0.4, 0.5) is 11.6 Å². The fourth-order valence-corrected chi connectivity index (χ4v) is 5.31. The topological polar surface area (TPSA) is 160 Å². The van der Waals surface area contributed by atoms with E-state index in [2.05, 4.69) is 25.2 Å². The zero-order valence-corrected chi connectivity index (χ0v) is 21.0. The Kier molecular flexibility index (Phi) is 6.55. The highest BCUT2D eigenvalue weighted by Gasteiger charge is 2.35. The maximum atomic E-state index is 12.9. The summed E-state index contributed by atoms with van der Waals surface area (Å²) < 4.78 is 17.6. The molecular weight excluding hydrogens is 492 g/mol. The number of amidine groups is 1. The van der Waals surface area contributed by atoms with Crippen LogP contribution < -0.4 is 20.5 Å². The Morgan fingerprint density at radius 2 is 2.03 bits per heavy atom. The number of carbonyl (C=O) groups excluding carboxylic acids is 1. The van der Waals surface area contributed by atoms with E-state index >= 15 is 0 Å². The zero-order valence-electron chi connectivity index (χ0n) is 21.0. The van der Waals surface area contributed by atoms with E-state index in [1.165, 1.54) is 19.5 Å². The van der Waals surface area contributed by atoms with E-state index in [4.69, 9.17) is 24.9 Å². The van der Waals surface area contributed by atoms with Crippen molar-refractivity contribution < 1.29 is 24.1 Å². The second kappa shape index (κ2) is 10.2. The fourth-order valence-electron chi connectivity index (χ4n) is 5.31. The number of nitrogen functional groups attached to an aromatic ring is 1. The number of fused-ring (bicyclic) bond motifs is 5. The lowest BCUT2D eigenvalue weighted by molar-refractivity contribution is -0.0529. The third kappa shape index (κ3) is 4.75. The number of guanidine groups is 1. The molecule has 4 N–H and O–H groups in total. The zero-order chi connectivity index (χ0) is 26.2. The van der Waals surface area contributed by atoms with E-state index in [0.717, 1.165) is 31.5 Å². The molecule has 2 bridgehead atoms. The Bertz CT molecular complexity index is 1270. The Hall–Kier alpha value is -3.81. The molecule has 0 spiro atoms. The van der Waals surface area contributed by atoms with Gasteiger partial charge in [0.05, 0.1) is 31.4 Å². The van der Waals surface area contributed by atoms with Crippen LogP contribution in [0.3, 0.4) is 0 Å². The first-order valence-corrected chi connectivity index (χ1v) is 12.7. The van der Waals surface area contributed by atoms with E-state index in [1.807, 2.05) is 11.0 Å². The summed E-state index contributed by atoms with van der Waals surface area (Å²) in [7, 11) is 1.53. The van der Waals surface area contributed by atoms with Crippen LogP contribution in [-0.4, -0.2) is 107 Å². The van der Waals surface area contributed by atoms with Crippen molar-refractivity contribution in [2.75, 3.05) is 52.2 Å². The molecule has 4 aliphatic heterocycles. The third-order valence-electron chi connectivity index (χ3n) is 7.03. The van der Waals surface area contributed by atoms with Gasteiger partial charge in [0.2, 0.25) is 11.9 Å². The van der Waals surface area contributed by atoms with Gasteiger partial charge in [-0.3, -0.25) is 24.9 Å². The lowest BCUT2D eigenvalue weighted by atomic mass is 10.1. The van der Waals surface area contributed by atoms with Crippen molar-refractivity contribution in [3.05, 3.63) is 35.7 Å². The van der Waals surface area contributed by atoms with Gasteiger partial charge in [-0.05, 0) is 25.0 Å². The summed E-state index contributed by atoms with van der Waals surface area (Å²) in [6, 6.07) is 3.66. The number of aromatic nitrogens is 2. The molecule has 1 amide bonds. The SMILES string of the molecule is COc1c(OC[C@@H](O)CN2CC3CCC(C2)O3)ccc2c1N=C(NC(=O)c1cnc(N)nc1)N1CCN=C21. The number of anilines is 1. The number of amides is 1. The largest absolute Gasteiger partial charge is 0.491 e. The molecule has 13 nitrogen and oxygen atoms in total. The van der Waals surface area contributed by atoms with Crippen molar-refractivity contribution in [2.45, 2.75) is 31.2 Å². The molecule has 5 heterocycles. The van der Waals surface area contributed by atoms with Gasteiger partial charge in [-0.25, -0.2) is 15.0 Å². The predicted octanol–water partition coefficient (Wildman–Crippen LogP) is 0.164. The number of carbonyl (C=O) groups is 1. The minimum atomic E-state index is -0.677. The number of aliphatic hydroxyl groups is 1. The summed E-state index contributed by atoms with van der Waals surface area (Å²) in [5.41, 5.74) is 7.04. The molecule has 6 rings (SSSR count). The molecule has 38 heavy (non-hydrogen) atoms. The molecular formula is C25H30N8O5. The second-order valence-electron chi connectivity index (χ2n) is 9.71. The van der Waals surface area contributed by atoms with Crippen LogP contribution in [0.15, 0.2) is 34.5 Å². The Morgan fingerprint density at radius 1 is 1.26 bits per heavy atom. The summed E-state index contributed by atoms with van der Waals surface area (Å²) in [5, 5.41) is 13.5. The van der Waals surface area contributed by atoms with Crippen molar-refractivity contribution in [3.63, 3.8) is 0 Å². The average Bonchev–Trinajstić information content (AvgIpc) is 3.54. The molecule has 2 saturated heterocycles. The number of hydrogen-bond acceptors (Lipinski definition) is 12. The molecule has 3 atom stereocenters. The van der Waals surface area contributed by atoms with Gasteiger partial charge in [-0.2, -0.15) is 0 Å². The maximum Gasteiger partial charge on any atom is 0.261 e. The van der Waals surface area contributed by atoms with Crippen molar-refractivity contribution in [1.29, 1.82) is 0 Å². The van der Waals surface area contributed by atoms with E-state index in [1.54, 1.807) is 6.07 Å². The van der Waals surface area contributed by atoms with E-state index in [-0.39, 0.29) is 30.3 Å². The van der Waals surface area contributed by atoms with Gasteiger partial charge in [0.1, 0.15) is 24.2 Å². The number of methoxy groups -OCH3 is 1. The molecule has 13 heteroatoms. The van der Waals surface area contributed by atoms with Crippen molar-refractivity contribution in [2.24, 2.45) is 9.98 Å². The van der Waals surface area contributed by atoms with Crippen LogP contribution in [0.2, 0.25) is 0 Å². The van der Waals surface area contributed by atoms with Gasteiger partial charge in [0.15, 0.2) is 11.5 Å². The van der Waals surface area contributed by atoms with Crippen molar-refractivity contribution in [1.82, 2.24) is 25.1 Å². The summed E-state index contributed by atoms with van der Waals surface area (Å²) in [5.74, 6) is 1.50. The number of rotatable bonds is 7. The molecule has 2 unspecified atom stereocenters. The maximum absolute atomic E-state index is 12.9. The Morgan fingerprint density at radius 3 is 2.76 bits per heavy atom. The molecule has 0 aliphatic carbocycles. The minimum Gasteiger partial charge on any atom is -0.491 e. The predicted molar refractivity (Wildman–Crippen MR) is 138 cm³/mol. The first-order valence-electron chi connectivity index (χ1n) is 12.7. The fraction of sp³-hybridized carbons (Fsp3) is 0.480. The van der Waals surface area contributed by atoms with Crippen LogP contribution in [0.25, 0.3) is 0 Å². The molecule has 0 saturated carbocycles. The molecule has 2 aromatic rings. The van der Waals surface area contributed by atoms with Crippen molar-refractivity contribution >= 4 is 29.3 Å². The minimum absolute atomic E-state index is 0.0823. The van der Waals surface area contributed by atoms with E-state index < -0.39 is 12.0 Å². The Labute approximate surface area is 219 Å². The number of benzene rings is 1. The number of hydrogen-bond donors (Lipinski definition) is 3. The number of nitrogens with two attached hydrogens (primary N) is 1. The van der Waals surface area contributed by atoms with Crippen LogP contribution in [-0.2, 0) is 4.74 Å². The number of aliphatic hydroxyl groups excluding tert-OH is 1. The van der Waals surface area contributed by atoms with E-state index in [9.17, 15) is 9.90 Å². The first kappa shape index (κ1) is 24.5. The molecule has 0 radical (unpaired) electrons.